The number of hydrogen-bond donors (Lipinski definition) is 2. The zero-order valence-electron chi connectivity index (χ0n) is 16.0. The Morgan fingerprint density at radius 3 is 2.34 bits per heavy atom. The molecule has 3 aromatic carbocycles. The maximum absolute atomic E-state index is 12.8. The van der Waals surface area contributed by atoms with Crippen LogP contribution >= 0.6 is 0 Å². The van der Waals surface area contributed by atoms with Gasteiger partial charge in [-0.15, -0.1) is 0 Å². The molecular formula is C23H22N2O3S. The molecule has 0 aliphatic carbocycles. The average molecular weight is 407 g/mol. The molecule has 0 aliphatic rings. The van der Waals surface area contributed by atoms with E-state index in [0.29, 0.717) is 5.75 Å². The van der Waals surface area contributed by atoms with Gasteiger partial charge in [0.15, 0.2) is 0 Å². The van der Waals surface area contributed by atoms with Gasteiger partial charge in [-0.1, -0.05) is 48.5 Å². The van der Waals surface area contributed by atoms with Gasteiger partial charge in [-0.3, -0.25) is 0 Å². The first-order valence-electron chi connectivity index (χ1n) is 9.33. The molecule has 0 radical (unpaired) electrons. The minimum absolute atomic E-state index is 0.125. The first-order valence-corrected chi connectivity index (χ1v) is 10.8. The quantitative estimate of drug-likeness (QED) is 0.481. The number of rotatable bonds is 7. The van der Waals surface area contributed by atoms with Crippen molar-refractivity contribution in [2.45, 2.75) is 10.8 Å². The summed E-state index contributed by atoms with van der Waals surface area (Å²) in [6.07, 6.45) is 1.96. The van der Waals surface area contributed by atoms with Crippen molar-refractivity contribution < 1.29 is 13.2 Å². The molecule has 0 bridgehead atoms. The van der Waals surface area contributed by atoms with Crippen LogP contribution in [-0.2, 0) is 10.0 Å². The zero-order valence-corrected chi connectivity index (χ0v) is 16.8. The maximum atomic E-state index is 12.8. The highest BCUT2D eigenvalue weighted by atomic mass is 32.2. The van der Waals surface area contributed by atoms with Crippen LogP contribution in [0.4, 0.5) is 0 Å². The minimum atomic E-state index is -3.65. The van der Waals surface area contributed by atoms with Crippen molar-refractivity contribution in [3.63, 3.8) is 0 Å². The molecule has 4 rings (SSSR count). The van der Waals surface area contributed by atoms with E-state index >= 15 is 0 Å². The first kappa shape index (κ1) is 19.2. The molecule has 0 amide bonds. The Bertz CT molecular complexity index is 1200. The Hall–Kier alpha value is -3.09. The van der Waals surface area contributed by atoms with Crippen LogP contribution in [0.1, 0.15) is 17.0 Å². The summed E-state index contributed by atoms with van der Waals surface area (Å²) in [5.41, 5.74) is 3.14. The standard InChI is InChI=1S/C23H22N2O3S/c1-28-18-11-13-19(14-12-18)29(26,27)25-16-21(17-7-3-2-4-8-17)22-15-24-23-10-6-5-9-20(22)23/h2-15,21,24-25H,16H2,1H3. The van der Waals surface area contributed by atoms with Gasteiger partial charge in [-0.25, -0.2) is 13.1 Å². The van der Waals surface area contributed by atoms with E-state index < -0.39 is 10.0 Å². The fourth-order valence-electron chi connectivity index (χ4n) is 3.51. The summed E-state index contributed by atoms with van der Waals surface area (Å²) in [6, 6.07) is 24.3. The summed E-state index contributed by atoms with van der Waals surface area (Å²) in [7, 11) is -2.10. The zero-order chi connectivity index (χ0) is 20.3. The number of aromatic nitrogens is 1. The minimum Gasteiger partial charge on any atom is -0.497 e. The normalized spacial score (nSPS) is 12.7. The summed E-state index contributed by atoms with van der Waals surface area (Å²) in [6.45, 7) is 0.250. The lowest BCUT2D eigenvalue weighted by molar-refractivity contribution is 0.414. The fraction of sp³-hybridized carbons (Fsp3) is 0.130. The van der Waals surface area contributed by atoms with E-state index in [1.807, 2.05) is 54.7 Å². The van der Waals surface area contributed by atoms with E-state index in [-0.39, 0.29) is 17.4 Å². The lowest BCUT2D eigenvalue weighted by Crippen LogP contribution is -2.29. The molecule has 1 unspecified atom stereocenters. The largest absolute Gasteiger partial charge is 0.497 e. The second-order valence-electron chi connectivity index (χ2n) is 6.78. The summed E-state index contributed by atoms with van der Waals surface area (Å²) < 4.78 is 33.6. The molecule has 5 nitrogen and oxygen atoms in total. The number of aromatic amines is 1. The molecule has 6 heteroatoms. The molecule has 0 aliphatic heterocycles. The van der Waals surface area contributed by atoms with E-state index in [1.165, 1.54) is 0 Å². The number of nitrogens with one attached hydrogen (secondary N) is 2. The second kappa shape index (κ2) is 8.11. The number of ether oxygens (including phenoxy) is 1. The van der Waals surface area contributed by atoms with Gasteiger partial charge in [0.2, 0.25) is 10.0 Å². The van der Waals surface area contributed by atoms with Crippen LogP contribution in [0.25, 0.3) is 10.9 Å². The van der Waals surface area contributed by atoms with Gasteiger partial charge in [0.25, 0.3) is 0 Å². The van der Waals surface area contributed by atoms with Crippen LogP contribution in [0, 0.1) is 0 Å². The van der Waals surface area contributed by atoms with Crippen molar-refractivity contribution in [1.82, 2.24) is 9.71 Å². The van der Waals surface area contributed by atoms with Crippen molar-refractivity contribution in [1.29, 1.82) is 0 Å². The Balaban J connectivity index is 1.66. The summed E-state index contributed by atoms with van der Waals surface area (Å²) in [5, 5.41) is 1.09. The van der Waals surface area contributed by atoms with Crippen LogP contribution < -0.4 is 9.46 Å². The van der Waals surface area contributed by atoms with Gasteiger partial charge in [0.1, 0.15) is 5.75 Å². The Kier molecular flexibility index (Phi) is 5.38. The van der Waals surface area contributed by atoms with Gasteiger partial charge >= 0.3 is 0 Å². The number of benzene rings is 3. The van der Waals surface area contributed by atoms with Crippen molar-refractivity contribution in [3.8, 4) is 5.75 Å². The van der Waals surface area contributed by atoms with Gasteiger partial charge in [-0.2, -0.15) is 0 Å². The number of para-hydroxylation sites is 1. The molecule has 0 spiro atoms. The molecule has 2 N–H and O–H groups in total. The second-order valence-corrected chi connectivity index (χ2v) is 8.55. The average Bonchev–Trinajstić information content (AvgIpc) is 3.19. The lowest BCUT2D eigenvalue weighted by atomic mass is 9.91. The Morgan fingerprint density at radius 1 is 0.931 bits per heavy atom. The van der Waals surface area contributed by atoms with E-state index in [0.717, 1.165) is 22.0 Å². The number of sulfonamides is 1. The van der Waals surface area contributed by atoms with Crippen LogP contribution in [0.3, 0.4) is 0 Å². The molecule has 1 heterocycles. The Morgan fingerprint density at radius 2 is 1.62 bits per heavy atom. The molecule has 29 heavy (non-hydrogen) atoms. The smallest absolute Gasteiger partial charge is 0.240 e. The number of hydrogen-bond acceptors (Lipinski definition) is 3. The highest BCUT2D eigenvalue weighted by Gasteiger charge is 2.22. The fourth-order valence-corrected chi connectivity index (χ4v) is 4.55. The molecule has 4 aromatic rings. The van der Waals surface area contributed by atoms with Gasteiger partial charge in [0, 0.05) is 29.6 Å². The summed E-state index contributed by atoms with van der Waals surface area (Å²) in [5.74, 6) is 0.491. The third-order valence-electron chi connectivity index (χ3n) is 5.05. The van der Waals surface area contributed by atoms with E-state index in [4.69, 9.17) is 4.74 Å². The van der Waals surface area contributed by atoms with Crippen molar-refractivity contribution in [2.24, 2.45) is 0 Å². The molecule has 0 fully saturated rings. The molecule has 1 atom stereocenters. The number of H-pyrrole nitrogens is 1. The lowest BCUT2D eigenvalue weighted by Gasteiger charge is -2.18. The predicted molar refractivity (Wildman–Crippen MR) is 115 cm³/mol. The van der Waals surface area contributed by atoms with Gasteiger partial charge in [0.05, 0.1) is 12.0 Å². The molecule has 0 saturated carbocycles. The first-order chi connectivity index (χ1) is 14.1. The van der Waals surface area contributed by atoms with Crippen molar-refractivity contribution in [2.75, 3.05) is 13.7 Å². The SMILES string of the molecule is COc1ccc(S(=O)(=O)NCC(c2ccccc2)c2c[nH]c3ccccc23)cc1. The highest BCUT2D eigenvalue weighted by molar-refractivity contribution is 7.89. The van der Waals surface area contributed by atoms with E-state index in [2.05, 4.69) is 15.8 Å². The molecular weight excluding hydrogens is 384 g/mol. The third kappa shape index (κ3) is 4.04. The summed E-state index contributed by atoms with van der Waals surface area (Å²) in [4.78, 5) is 3.50. The van der Waals surface area contributed by atoms with Crippen LogP contribution in [0.15, 0.2) is 90.0 Å². The topological polar surface area (TPSA) is 71.2 Å². The molecule has 1 aromatic heterocycles. The predicted octanol–water partition coefficient (Wildman–Crippen LogP) is 4.29. The third-order valence-corrected chi connectivity index (χ3v) is 6.49. The number of fused-ring (bicyclic) bond motifs is 1. The maximum Gasteiger partial charge on any atom is 0.240 e. The van der Waals surface area contributed by atoms with Crippen LogP contribution in [0.2, 0.25) is 0 Å². The van der Waals surface area contributed by atoms with Crippen molar-refractivity contribution >= 4 is 20.9 Å². The van der Waals surface area contributed by atoms with Gasteiger partial charge < -0.3 is 9.72 Å². The van der Waals surface area contributed by atoms with Crippen molar-refractivity contribution in [3.05, 3.63) is 96.2 Å². The number of methoxy groups -OCH3 is 1. The van der Waals surface area contributed by atoms with Crippen LogP contribution in [-0.4, -0.2) is 27.1 Å². The monoisotopic (exact) mass is 406 g/mol. The van der Waals surface area contributed by atoms with Crippen LogP contribution in [0.5, 0.6) is 5.75 Å². The van der Waals surface area contributed by atoms with E-state index in [9.17, 15) is 8.42 Å². The van der Waals surface area contributed by atoms with E-state index in [1.54, 1.807) is 31.4 Å². The Labute approximate surface area is 170 Å². The molecule has 148 valence electrons. The molecule has 0 saturated heterocycles. The highest BCUT2D eigenvalue weighted by Crippen LogP contribution is 2.30. The summed E-state index contributed by atoms with van der Waals surface area (Å²) >= 11 is 0. The van der Waals surface area contributed by atoms with Gasteiger partial charge in [-0.05, 0) is 41.5 Å².